The summed E-state index contributed by atoms with van der Waals surface area (Å²) in [7, 11) is 0. The van der Waals surface area contributed by atoms with Gasteiger partial charge in [0.25, 0.3) is 0 Å². The van der Waals surface area contributed by atoms with Crippen molar-refractivity contribution in [1.82, 2.24) is 5.16 Å². The second-order valence-electron chi connectivity index (χ2n) is 4.44. The predicted molar refractivity (Wildman–Crippen MR) is 85.0 cm³/mol. The van der Waals surface area contributed by atoms with Gasteiger partial charge in [0.15, 0.2) is 5.76 Å². The third-order valence-electron chi connectivity index (χ3n) is 2.98. The van der Waals surface area contributed by atoms with Crippen LogP contribution in [0.1, 0.15) is 11.3 Å². The molecule has 0 spiro atoms. The minimum atomic E-state index is 0.753. The molecule has 20 heavy (non-hydrogen) atoms. The van der Waals surface area contributed by atoms with Gasteiger partial charge in [0, 0.05) is 22.4 Å². The van der Waals surface area contributed by atoms with Gasteiger partial charge in [-0.25, -0.2) is 0 Å². The van der Waals surface area contributed by atoms with Gasteiger partial charge in [-0.1, -0.05) is 23.4 Å². The minimum absolute atomic E-state index is 0.753. The second-order valence-corrected chi connectivity index (χ2v) is 6.40. The van der Waals surface area contributed by atoms with Crippen LogP contribution >= 0.6 is 23.1 Å². The van der Waals surface area contributed by atoms with Crippen molar-refractivity contribution >= 4 is 28.8 Å². The number of thiophene rings is 1. The van der Waals surface area contributed by atoms with E-state index < -0.39 is 0 Å². The van der Waals surface area contributed by atoms with Crippen molar-refractivity contribution < 1.29 is 4.52 Å². The van der Waals surface area contributed by atoms with Gasteiger partial charge in [0.05, 0.1) is 10.6 Å². The van der Waals surface area contributed by atoms with E-state index in [1.54, 1.807) is 23.1 Å². The first-order chi connectivity index (χ1) is 9.74. The highest BCUT2D eigenvalue weighted by molar-refractivity contribution is 7.98. The van der Waals surface area contributed by atoms with Crippen LogP contribution in [0.15, 0.2) is 51.2 Å². The molecule has 2 N–H and O–H groups in total. The summed E-state index contributed by atoms with van der Waals surface area (Å²) in [4.78, 5) is 2.19. The van der Waals surface area contributed by atoms with Gasteiger partial charge in [0.2, 0.25) is 0 Å². The summed E-state index contributed by atoms with van der Waals surface area (Å²) >= 11 is 3.33. The zero-order chi connectivity index (χ0) is 13.9. The Bertz CT molecular complexity index is 704. The maximum atomic E-state index is 6.07. The van der Waals surface area contributed by atoms with Crippen LogP contribution in [0.5, 0.6) is 0 Å². The number of nitrogens with two attached hydrogens (primary N) is 1. The van der Waals surface area contributed by atoms with Crippen molar-refractivity contribution in [1.29, 1.82) is 0 Å². The number of hydrogen-bond acceptors (Lipinski definition) is 5. The second kappa shape index (κ2) is 5.73. The molecule has 0 amide bonds. The van der Waals surface area contributed by atoms with E-state index in [9.17, 15) is 0 Å². The molecule has 0 bridgehead atoms. The number of benzene rings is 1. The average Bonchev–Trinajstić information content (AvgIpc) is 3.10. The Hall–Kier alpha value is -1.72. The number of anilines is 1. The lowest BCUT2D eigenvalue weighted by atomic mass is 10.2. The first-order valence-electron chi connectivity index (χ1n) is 6.21. The molecule has 3 rings (SSSR count). The summed E-state index contributed by atoms with van der Waals surface area (Å²) in [5, 5.41) is 6.14. The summed E-state index contributed by atoms with van der Waals surface area (Å²) in [6, 6.07) is 12.1. The summed E-state index contributed by atoms with van der Waals surface area (Å²) in [5.74, 6) is 1.58. The van der Waals surface area contributed by atoms with E-state index in [0.29, 0.717) is 0 Å². The third kappa shape index (κ3) is 2.73. The number of aromatic nitrogens is 1. The Morgan fingerprint density at radius 2 is 2.20 bits per heavy atom. The number of para-hydroxylation sites is 1. The molecule has 102 valence electrons. The van der Waals surface area contributed by atoms with Crippen LogP contribution in [0.2, 0.25) is 0 Å². The SMILES string of the molecule is Cc1cccc(SCc2cc(-c3cccs3)on2)c1N. The van der Waals surface area contributed by atoms with Crippen LogP contribution in [0.3, 0.4) is 0 Å². The Labute approximate surface area is 125 Å². The molecule has 0 aliphatic carbocycles. The fourth-order valence-electron chi connectivity index (χ4n) is 1.85. The Balaban J connectivity index is 1.71. The van der Waals surface area contributed by atoms with Crippen molar-refractivity contribution in [2.75, 3.05) is 5.73 Å². The molecule has 0 saturated heterocycles. The van der Waals surface area contributed by atoms with E-state index in [1.807, 2.05) is 48.7 Å². The lowest BCUT2D eigenvalue weighted by molar-refractivity contribution is 0.427. The molecule has 2 aromatic heterocycles. The van der Waals surface area contributed by atoms with E-state index in [1.165, 1.54) is 0 Å². The van der Waals surface area contributed by atoms with Gasteiger partial charge in [0.1, 0.15) is 0 Å². The normalized spacial score (nSPS) is 10.8. The molecule has 0 atom stereocenters. The highest BCUT2D eigenvalue weighted by atomic mass is 32.2. The van der Waals surface area contributed by atoms with Gasteiger partial charge in [-0.2, -0.15) is 0 Å². The highest BCUT2D eigenvalue weighted by Gasteiger charge is 2.09. The highest BCUT2D eigenvalue weighted by Crippen LogP contribution is 2.31. The summed E-state index contributed by atoms with van der Waals surface area (Å²) < 4.78 is 5.37. The monoisotopic (exact) mass is 302 g/mol. The van der Waals surface area contributed by atoms with Crippen LogP contribution in [0.4, 0.5) is 5.69 Å². The topological polar surface area (TPSA) is 52.0 Å². The van der Waals surface area contributed by atoms with E-state index in [0.717, 1.165) is 38.2 Å². The largest absolute Gasteiger partial charge is 0.398 e. The number of thioether (sulfide) groups is 1. The third-order valence-corrected chi connectivity index (χ3v) is 4.97. The lowest BCUT2D eigenvalue weighted by Crippen LogP contribution is -1.92. The molecule has 3 aromatic rings. The molecule has 0 fully saturated rings. The number of hydrogen-bond donors (Lipinski definition) is 1. The van der Waals surface area contributed by atoms with E-state index >= 15 is 0 Å². The molecule has 2 heterocycles. The molecular formula is C15H14N2OS2. The van der Waals surface area contributed by atoms with Gasteiger partial charge in [-0.3, -0.25) is 0 Å². The first kappa shape index (κ1) is 13.3. The molecule has 0 saturated carbocycles. The van der Waals surface area contributed by atoms with Crippen molar-refractivity contribution in [2.24, 2.45) is 0 Å². The standard InChI is InChI=1S/C15H14N2OS2/c1-10-4-2-5-14(15(10)16)20-9-11-8-12(18-17-11)13-6-3-7-19-13/h2-8H,9,16H2,1H3. The van der Waals surface area contributed by atoms with E-state index in [2.05, 4.69) is 5.16 Å². The molecule has 0 aliphatic heterocycles. The number of nitrogen functional groups attached to an aromatic ring is 1. The molecule has 5 heteroatoms. The van der Waals surface area contributed by atoms with Gasteiger partial charge >= 0.3 is 0 Å². The molecule has 3 nitrogen and oxygen atoms in total. The van der Waals surface area contributed by atoms with Crippen LogP contribution in [0.25, 0.3) is 10.6 Å². The zero-order valence-electron chi connectivity index (χ0n) is 11.0. The zero-order valence-corrected chi connectivity index (χ0v) is 12.6. The van der Waals surface area contributed by atoms with E-state index in [-0.39, 0.29) is 0 Å². The molecule has 0 aliphatic rings. The van der Waals surface area contributed by atoms with Crippen LogP contribution in [0, 0.1) is 6.92 Å². The fraction of sp³-hybridized carbons (Fsp3) is 0.133. The summed E-state index contributed by atoms with van der Waals surface area (Å²) in [6.07, 6.45) is 0. The van der Waals surface area contributed by atoms with Gasteiger partial charge in [-0.05, 0) is 30.0 Å². The van der Waals surface area contributed by atoms with E-state index in [4.69, 9.17) is 10.3 Å². The predicted octanol–water partition coefficient (Wildman–Crippen LogP) is 4.59. The molecule has 0 unspecified atom stereocenters. The van der Waals surface area contributed by atoms with Crippen LogP contribution in [-0.2, 0) is 5.75 Å². The lowest BCUT2D eigenvalue weighted by Gasteiger charge is -2.06. The molecule has 0 radical (unpaired) electrons. The molecule has 1 aromatic carbocycles. The maximum absolute atomic E-state index is 6.07. The van der Waals surface area contributed by atoms with Crippen molar-refractivity contribution in [3.05, 3.63) is 53.0 Å². The summed E-state index contributed by atoms with van der Waals surface area (Å²) in [5.41, 5.74) is 8.95. The van der Waals surface area contributed by atoms with Crippen molar-refractivity contribution in [3.63, 3.8) is 0 Å². The Morgan fingerprint density at radius 1 is 1.30 bits per heavy atom. The quantitative estimate of drug-likeness (QED) is 0.566. The van der Waals surface area contributed by atoms with Crippen LogP contribution in [-0.4, -0.2) is 5.16 Å². The Morgan fingerprint density at radius 3 is 3.00 bits per heavy atom. The molecular weight excluding hydrogens is 288 g/mol. The maximum Gasteiger partial charge on any atom is 0.177 e. The minimum Gasteiger partial charge on any atom is -0.398 e. The van der Waals surface area contributed by atoms with Gasteiger partial charge in [-0.15, -0.1) is 23.1 Å². The number of aryl methyl sites for hydroxylation is 1. The number of nitrogens with zero attached hydrogens (tertiary/aromatic N) is 1. The van der Waals surface area contributed by atoms with Crippen molar-refractivity contribution in [2.45, 2.75) is 17.6 Å². The van der Waals surface area contributed by atoms with Crippen LogP contribution < -0.4 is 5.73 Å². The average molecular weight is 302 g/mol. The fourth-order valence-corrected chi connectivity index (χ4v) is 3.45. The Kier molecular flexibility index (Phi) is 3.80. The first-order valence-corrected chi connectivity index (χ1v) is 8.08. The summed E-state index contributed by atoms with van der Waals surface area (Å²) in [6.45, 7) is 2.02. The number of rotatable bonds is 4. The van der Waals surface area contributed by atoms with Crippen molar-refractivity contribution in [3.8, 4) is 10.6 Å². The smallest absolute Gasteiger partial charge is 0.177 e. The van der Waals surface area contributed by atoms with Gasteiger partial charge < -0.3 is 10.3 Å².